The van der Waals surface area contributed by atoms with E-state index in [2.05, 4.69) is 9.97 Å². The number of aliphatic hydroxyl groups excluding tert-OH is 1. The molecule has 0 radical (unpaired) electrons. The van der Waals surface area contributed by atoms with Crippen LogP contribution in [0.25, 0.3) is 11.0 Å². The first-order chi connectivity index (χ1) is 17.6. The fourth-order valence-electron chi connectivity index (χ4n) is 4.13. The second-order valence-corrected chi connectivity index (χ2v) is 9.70. The summed E-state index contributed by atoms with van der Waals surface area (Å²) >= 11 is 0. The number of nitrogens with two attached hydrogens (primary N) is 1. The van der Waals surface area contributed by atoms with Gasteiger partial charge in [-0.1, -0.05) is 19.1 Å². The van der Waals surface area contributed by atoms with Gasteiger partial charge in [-0.3, -0.25) is 0 Å². The average Bonchev–Trinajstić information content (AvgIpc) is 3.41. The average molecular weight is 543 g/mol. The zero-order chi connectivity index (χ0) is 26.7. The summed E-state index contributed by atoms with van der Waals surface area (Å²) in [4.78, 5) is 20.3. The lowest BCUT2D eigenvalue weighted by Gasteiger charge is -2.18. The third-order valence-corrected chi connectivity index (χ3v) is 6.92. The van der Waals surface area contributed by atoms with E-state index < -0.39 is 44.3 Å². The number of halogens is 3. The Balaban J connectivity index is 1.26. The molecule has 1 saturated heterocycles. The Morgan fingerprint density at radius 3 is 2.89 bits per heavy atom. The second kappa shape index (κ2) is 11.4. The van der Waals surface area contributed by atoms with E-state index in [0.29, 0.717) is 16.9 Å². The zero-order valence-electron chi connectivity index (χ0n) is 19.7. The summed E-state index contributed by atoms with van der Waals surface area (Å²) in [6, 6.07) is 6.31. The minimum absolute atomic E-state index is 0.0404. The smallest absolute Gasteiger partial charge is 0.416 e. The molecule has 4 rings (SSSR count). The minimum Gasteiger partial charge on any atom is -0.601 e. The molecule has 1 aliphatic rings. The molecule has 0 bridgehead atoms. The molecule has 14 heteroatoms. The Labute approximate surface area is 211 Å². The van der Waals surface area contributed by atoms with Crippen LogP contribution in [0.15, 0.2) is 42.9 Å². The highest BCUT2D eigenvalue weighted by molar-refractivity contribution is 7.44. The summed E-state index contributed by atoms with van der Waals surface area (Å²) in [6.07, 6.45) is -4.45. The summed E-state index contributed by atoms with van der Waals surface area (Å²) in [5.74, 6) is 1.00. The maximum absolute atomic E-state index is 12.9. The van der Waals surface area contributed by atoms with Crippen molar-refractivity contribution >= 4 is 30.8 Å². The van der Waals surface area contributed by atoms with E-state index in [-0.39, 0.29) is 31.1 Å². The zero-order valence-corrected chi connectivity index (χ0v) is 20.6. The largest absolute Gasteiger partial charge is 0.601 e. The van der Waals surface area contributed by atoms with E-state index in [4.69, 9.17) is 24.8 Å². The standard InChI is InChI=1S/C23H26F3N4O6P/c1-13-19(32)18(36-22(13)30-7-5-16-20(27)28-11-29-21(16)30)10-34-12-37(33)35-8-6-17(31)14-3-2-4-15(9-14)23(24,25)26/h2-5,7,9,11-13,17-19,22,31-32H,6,8,10H2,1H3,(H2,27,28,29)/p+1/t13-,17-,18+,19-,22+/m0/s1. The fourth-order valence-corrected chi connectivity index (χ4v) is 4.69. The van der Waals surface area contributed by atoms with Crippen molar-refractivity contribution in [3.05, 3.63) is 54.0 Å². The van der Waals surface area contributed by atoms with Crippen LogP contribution in [0.2, 0.25) is 0 Å². The van der Waals surface area contributed by atoms with E-state index in [0.717, 1.165) is 18.1 Å². The normalized spacial score (nSPS) is 23.6. The number of ether oxygens (including phenoxy) is 2. The number of nitrogens with zero attached hydrogens (tertiary/aromatic N) is 3. The summed E-state index contributed by atoms with van der Waals surface area (Å²) < 4.78 is 56.8. The van der Waals surface area contributed by atoms with Gasteiger partial charge in [-0.05, 0) is 18.2 Å². The van der Waals surface area contributed by atoms with Gasteiger partial charge in [-0.2, -0.15) is 17.7 Å². The van der Waals surface area contributed by atoms with Gasteiger partial charge in [0.15, 0.2) is 6.10 Å². The lowest BCUT2D eigenvalue weighted by Crippen LogP contribution is -2.29. The molecule has 10 nitrogen and oxygen atoms in total. The summed E-state index contributed by atoms with van der Waals surface area (Å²) in [5.41, 5.74) is 5.81. The van der Waals surface area contributed by atoms with Gasteiger partial charge in [-0.15, -0.1) is 0 Å². The number of hydrogen-bond acceptors (Lipinski definition) is 8. The highest BCUT2D eigenvalue weighted by Crippen LogP contribution is 2.37. The number of fused-ring (bicyclic) bond motifs is 1. The molecule has 3 aromatic rings. The molecule has 5 N–H and O–H groups in total. The number of aliphatic hydroxyl groups is 1. The van der Waals surface area contributed by atoms with Crippen LogP contribution in [0, 0.1) is 5.92 Å². The molecule has 0 aliphatic carbocycles. The summed E-state index contributed by atoms with van der Waals surface area (Å²) in [5, 5.41) is 19.3. The highest BCUT2D eigenvalue weighted by Gasteiger charge is 2.42. The lowest BCUT2D eigenvalue weighted by atomic mass is 10.0. The predicted octanol–water partition coefficient (Wildman–Crippen LogP) is 2.25. The Kier molecular flexibility index (Phi) is 8.44. The third-order valence-electron chi connectivity index (χ3n) is 6.16. The molecule has 0 spiro atoms. The third kappa shape index (κ3) is 6.27. The maximum Gasteiger partial charge on any atom is 0.416 e. The number of alkyl halides is 3. The molecule has 200 valence electrons. The Hall–Kier alpha value is -2.64. The van der Waals surface area contributed by atoms with Gasteiger partial charge in [-0.25, -0.2) is 9.97 Å². The van der Waals surface area contributed by atoms with Gasteiger partial charge in [0.2, 0.25) is 14.0 Å². The van der Waals surface area contributed by atoms with Crippen molar-refractivity contribution in [1.82, 2.24) is 14.5 Å². The van der Waals surface area contributed by atoms with Gasteiger partial charge in [0, 0.05) is 17.7 Å². The van der Waals surface area contributed by atoms with E-state index in [1.807, 2.05) is 6.92 Å². The van der Waals surface area contributed by atoms with Gasteiger partial charge in [0.1, 0.15) is 36.7 Å². The van der Waals surface area contributed by atoms with E-state index >= 15 is 0 Å². The lowest BCUT2D eigenvalue weighted by molar-refractivity contribution is -0.173. The van der Waals surface area contributed by atoms with Crippen LogP contribution in [0.3, 0.4) is 0 Å². The Bertz CT molecular complexity index is 1260. The Morgan fingerprint density at radius 1 is 1.35 bits per heavy atom. The number of nitrogen functional groups attached to an aromatic ring is 1. The molecule has 1 aliphatic heterocycles. The van der Waals surface area contributed by atoms with E-state index in [9.17, 15) is 23.2 Å². The molecule has 3 heterocycles. The molecular formula is C23H27F3N4O6P+. The molecule has 1 aromatic carbocycles. The minimum atomic E-state index is -4.49. The molecular weight excluding hydrogens is 516 g/mol. The highest BCUT2D eigenvalue weighted by atomic mass is 31.1. The SMILES string of the molecule is C[C@H]1[C@H](O)[C@@H](COC=[P+]([O-])OCC[C@H]([OH2+])c2cccc(C(F)(F)F)c2)O[C@H]1n1ccc2c(N)ncnc21. The van der Waals surface area contributed by atoms with Crippen LogP contribution in [-0.2, 0) is 20.2 Å². The molecule has 6 atom stereocenters. The van der Waals surface area contributed by atoms with Crippen LogP contribution in [0.1, 0.15) is 36.8 Å². The number of benzene rings is 1. The van der Waals surface area contributed by atoms with E-state index in [1.54, 1.807) is 16.8 Å². The van der Waals surface area contributed by atoms with Gasteiger partial charge in [0.05, 0.1) is 30.1 Å². The van der Waals surface area contributed by atoms with Gasteiger partial charge < -0.3 is 34.9 Å². The predicted molar refractivity (Wildman–Crippen MR) is 128 cm³/mol. The molecule has 2 aromatic heterocycles. The fraction of sp³-hybridized carbons (Fsp3) is 0.435. The van der Waals surface area contributed by atoms with Gasteiger partial charge in [0.25, 0.3) is 0 Å². The monoisotopic (exact) mass is 543 g/mol. The molecule has 0 saturated carbocycles. The van der Waals surface area contributed by atoms with Crippen LogP contribution < -0.4 is 10.6 Å². The van der Waals surface area contributed by atoms with Crippen LogP contribution in [-0.4, -0.2) is 56.2 Å². The number of aromatic nitrogens is 3. The van der Waals surface area contributed by atoms with Crippen LogP contribution in [0.4, 0.5) is 19.0 Å². The van der Waals surface area contributed by atoms with Crippen LogP contribution >= 0.6 is 8.00 Å². The van der Waals surface area contributed by atoms with E-state index in [1.165, 1.54) is 18.5 Å². The Morgan fingerprint density at radius 2 is 2.14 bits per heavy atom. The van der Waals surface area contributed by atoms with Crippen molar-refractivity contribution in [2.24, 2.45) is 5.92 Å². The molecule has 1 unspecified atom stereocenters. The topological polar surface area (TPSA) is 151 Å². The van der Waals surface area contributed by atoms with Gasteiger partial charge >= 0.3 is 6.18 Å². The van der Waals surface area contributed by atoms with Crippen molar-refractivity contribution in [3.8, 4) is 0 Å². The number of hydrogen-bond donors (Lipinski definition) is 2. The summed E-state index contributed by atoms with van der Waals surface area (Å²) in [6.45, 7) is 1.61. The number of rotatable bonds is 9. The van der Waals surface area contributed by atoms with Crippen molar-refractivity contribution in [2.75, 3.05) is 18.9 Å². The number of anilines is 1. The van der Waals surface area contributed by atoms with Crippen molar-refractivity contribution in [3.63, 3.8) is 0 Å². The first kappa shape index (κ1) is 27.4. The van der Waals surface area contributed by atoms with Crippen molar-refractivity contribution < 1.29 is 42.3 Å². The molecule has 1 fully saturated rings. The summed E-state index contributed by atoms with van der Waals surface area (Å²) in [7, 11) is -2.36. The van der Waals surface area contributed by atoms with Crippen molar-refractivity contribution in [1.29, 1.82) is 0 Å². The maximum atomic E-state index is 12.9. The van der Waals surface area contributed by atoms with Crippen molar-refractivity contribution in [2.45, 2.75) is 44.1 Å². The molecule has 37 heavy (non-hydrogen) atoms. The van der Waals surface area contributed by atoms with Crippen LogP contribution in [0.5, 0.6) is 0 Å². The first-order valence-corrected chi connectivity index (χ1v) is 12.6. The first-order valence-electron chi connectivity index (χ1n) is 11.4. The quantitative estimate of drug-likeness (QED) is 0.308. The molecule has 0 amide bonds. The second-order valence-electron chi connectivity index (χ2n) is 8.66.